The molecule has 7 nitrogen and oxygen atoms in total. The first-order valence-electron chi connectivity index (χ1n) is 9.72. The Morgan fingerprint density at radius 2 is 1.90 bits per heavy atom. The zero-order valence-electron chi connectivity index (χ0n) is 16.5. The topological polar surface area (TPSA) is 76.7 Å². The number of anilines is 2. The van der Waals surface area contributed by atoms with Crippen molar-refractivity contribution in [3.63, 3.8) is 0 Å². The lowest BCUT2D eigenvalue weighted by atomic mass is 10.1. The maximum Gasteiger partial charge on any atom is 0.227 e. The molecule has 0 spiro atoms. The van der Waals surface area contributed by atoms with E-state index in [1.807, 2.05) is 41.0 Å². The third-order valence-corrected chi connectivity index (χ3v) is 5.16. The Morgan fingerprint density at radius 3 is 2.59 bits per heavy atom. The van der Waals surface area contributed by atoms with Crippen LogP contribution in [0.2, 0.25) is 0 Å². The zero-order chi connectivity index (χ0) is 19.5. The summed E-state index contributed by atoms with van der Waals surface area (Å²) in [6.07, 6.45) is 2.06. The van der Waals surface area contributed by atoms with Gasteiger partial charge in [-0.05, 0) is 24.6 Å². The van der Waals surface area contributed by atoms with E-state index in [0.29, 0.717) is 51.2 Å². The van der Waals surface area contributed by atoms with Gasteiger partial charge in [-0.3, -0.25) is 0 Å². The molecule has 0 unspecified atom stereocenters. The molecule has 2 aromatic rings. The SMILES string of the molecule is C[C@H](N)c1ccc(O[C@@H]2CCN(c3nc(N4CCOCC4)ncc3F)C2)cc1.Cl. The lowest BCUT2D eigenvalue weighted by molar-refractivity contribution is 0.122. The molecule has 9 heteroatoms. The number of hydrogen-bond donors (Lipinski definition) is 1. The smallest absolute Gasteiger partial charge is 0.227 e. The highest BCUT2D eigenvalue weighted by Crippen LogP contribution is 2.26. The van der Waals surface area contributed by atoms with Crippen LogP contribution < -0.4 is 20.3 Å². The number of halogens is 2. The summed E-state index contributed by atoms with van der Waals surface area (Å²) in [7, 11) is 0. The Labute approximate surface area is 176 Å². The van der Waals surface area contributed by atoms with Crippen LogP contribution in [0.4, 0.5) is 16.2 Å². The molecule has 2 atom stereocenters. The molecule has 0 radical (unpaired) electrons. The monoisotopic (exact) mass is 423 g/mol. The fourth-order valence-electron chi connectivity index (χ4n) is 3.55. The highest BCUT2D eigenvalue weighted by molar-refractivity contribution is 5.85. The van der Waals surface area contributed by atoms with Crippen LogP contribution in [0.3, 0.4) is 0 Å². The summed E-state index contributed by atoms with van der Waals surface area (Å²) in [5.41, 5.74) is 6.95. The molecule has 29 heavy (non-hydrogen) atoms. The predicted octanol–water partition coefficient (Wildman–Crippen LogP) is 2.55. The molecule has 1 aromatic heterocycles. The van der Waals surface area contributed by atoms with Gasteiger partial charge in [0.15, 0.2) is 11.6 Å². The maximum absolute atomic E-state index is 14.4. The summed E-state index contributed by atoms with van der Waals surface area (Å²) in [5.74, 6) is 1.29. The summed E-state index contributed by atoms with van der Waals surface area (Å²) in [6, 6.07) is 7.82. The van der Waals surface area contributed by atoms with Crippen molar-refractivity contribution in [1.82, 2.24) is 9.97 Å². The second-order valence-corrected chi connectivity index (χ2v) is 7.27. The Bertz CT molecular complexity index is 802. The fourth-order valence-corrected chi connectivity index (χ4v) is 3.55. The fraction of sp³-hybridized carbons (Fsp3) is 0.500. The number of benzene rings is 1. The van der Waals surface area contributed by atoms with E-state index >= 15 is 0 Å². The van der Waals surface area contributed by atoms with Gasteiger partial charge in [0.05, 0.1) is 26.0 Å². The predicted molar refractivity (Wildman–Crippen MR) is 113 cm³/mol. The summed E-state index contributed by atoms with van der Waals surface area (Å²) in [6.45, 7) is 5.94. The van der Waals surface area contributed by atoms with Crippen molar-refractivity contribution in [3.05, 3.63) is 41.8 Å². The molecular formula is C20H27ClFN5O2. The van der Waals surface area contributed by atoms with Crippen molar-refractivity contribution in [1.29, 1.82) is 0 Å². The van der Waals surface area contributed by atoms with Gasteiger partial charge in [0.2, 0.25) is 5.95 Å². The molecule has 2 saturated heterocycles. The molecule has 2 aliphatic heterocycles. The van der Waals surface area contributed by atoms with Crippen molar-refractivity contribution < 1.29 is 13.9 Å². The number of nitrogens with two attached hydrogens (primary N) is 1. The Kier molecular flexibility index (Phi) is 7.10. The van der Waals surface area contributed by atoms with Gasteiger partial charge in [-0.15, -0.1) is 12.4 Å². The van der Waals surface area contributed by atoms with Gasteiger partial charge < -0.3 is 25.0 Å². The number of hydrogen-bond acceptors (Lipinski definition) is 7. The summed E-state index contributed by atoms with van der Waals surface area (Å²) in [4.78, 5) is 12.6. The minimum absolute atomic E-state index is 0. The third-order valence-electron chi connectivity index (χ3n) is 5.16. The summed E-state index contributed by atoms with van der Waals surface area (Å²) in [5, 5.41) is 0. The lowest BCUT2D eigenvalue weighted by Gasteiger charge is -2.27. The maximum atomic E-state index is 14.4. The van der Waals surface area contributed by atoms with Gasteiger partial charge in [0.25, 0.3) is 0 Å². The van der Waals surface area contributed by atoms with E-state index in [-0.39, 0.29) is 24.6 Å². The number of ether oxygens (including phenoxy) is 2. The first-order valence-corrected chi connectivity index (χ1v) is 9.72. The molecule has 0 bridgehead atoms. The van der Waals surface area contributed by atoms with E-state index in [1.54, 1.807) is 0 Å². The molecule has 0 aliphatic carbocycles. The van der Waals surface area contributed by atoms with Gasteiger partial charge in [-0.1, -0.05) is 12.1 Å². The number of rotatable bonds is 5. The quantitative estimate of drug-likeness (QED) is 0.791. The molecule has 2 N–H and O–H groups in total. The molecule has 2 fully saturated rings. The normalized spacial score (nSPS) is 20.3. The van der Waals surface area contributed by atoms with Gasteiger partial charge in [0.1, 0.15) is 11.9 Å². The number of morpholine rings is 1. The van der Waals surface area contributed by atoms with Crippen LogP contribution in [-0.4, -0.2) is 55.5 Å². The van der Waals surface area contributed by atoms with Crippen LogP contribution in [0.5, 0.6) is 5.75 Å². The van der Waals surface area contributed by atoms with Crippen LogP contribution in [0, 0.1) is 5.82 Å². The minimum atomic E-state index is -0.404. The Morgan fingerprint density at radius 1 is 1.17 bits per heavy atom. The summed E-state index contributed by atoms with van der Waals surface area (Å²) >= 11 is 0. The molecule has 158 valence electrons. The lowest BCUT2D eigenvalue weighted by Crippen LogP contribution is -2.37. The molecule has 0 amide bonds. The van der Waals surface area contributed by atoms with Crippen LogP contribution in [0.1, 0.15) is 24.9 Å². The molecule has 1 aromatic carbocycles. The second-order valence-electron chi connectivity index (χ2n) is 7.27. The average molecular weight is 424 g/mol. The van der Waals surface area contributed by atoms with Gasteiger partial charge >= 0.3 is 0 Å². The molecule has 2 aliphatic rings. The largest absolute Gasteiger partial charge is 0.489 e. The van der Waals surface area contributed by atoms with Crippen LogP contribution in [0.15, 0.2) is 30.5 Å². The van der Waals surface area contributed by atoms with E-state index in [1.165, 1.54) is 6.20 Å². The van der Waals surface area contributed by atoms with Gasteiger partial charge in [-0.2, -0.15) is 4.98 Å². The van der Waals surface area contributed by atoms with E-state index in [4.69, 9.17) is 15.2 Å². The first-order chi connectivity index (χ1) is 13.6. The highest BCUT2D eigenvalue weighted by atomic mass is 35.5. The van der Waals surface area contributed by atoms with E-state index in [0.717, 1.165) is 17.7 Å². The van der Waals surface area contributed by atoms with Crippen molar-refractivity contribution in [2.75, 3.05) is 49.2 Å². The van der Waals surface area contributed by atoms with Crippen LogP contribution in [0.25, 0.3) is 0 Å². The van der Waals surface area contributed by atoms with Crippen LogP contribution in [-0.2, 0) is 4.74 Å². The van der Waals surface area contributed by atoms with Gasteiger partial charge in [-0.25, -0.2) is 9.37 Å². The number of aromatic nitrogens is 2. The Hall–Kier alpha value is -2.16. The molecular weight excluding hydrogens is 397 g/mol. The molecule has 3 heterocycles. The van der Waals surface area contributed by atoms with E-state index < -0.39 is 5.82 Å². The van der Waals surface area contributed by atoms with Crippen molar-refractivity contribution in [2.45, 2.75) is 25.5 Å². The second kappa shape index (κ2) is 9.56. The average Bonchev–Trinajstić information content (AvgIpc) is 3.17. The van der Waals surface area contributed by atoms with Crippen LogP contribution >= 0.6 is 12.4 Å². The minimum Gasteiger partial charge on any atom is -0.489 e. The number of nitrogens with zero attached hydrogens (tertiary/aromatic N) is 4. The zero-order valence-corrected chi connectivity index (χ0v) is 17.3. The first kappa shape index (κ1) is 21.5. The summed E-state index contributed by atoms with van der Waals surface area (Å²) < 4.78 is 25.8. The molecule has 4 rings (SSSR count). The van der Waals surface area contributed by atoms with Gasteiger partial charge in [0, 0.05) is 32.1 Å². The van der Waals surface area contributed by atoms with Crippen molar-refractivity contribution >= 4 is 24.2 Å². The molecule has 0 saturated carbocycles. The third kappa shape index (κ3) is 5.07. The van der Waals surface area contributed by atoms with Crippen molar-refractivity contribution in [3.8, 4) is 5.75 Å². The Balaban J connectivity index is 0.00000240. The highest BCUT2D eigenvalue weighted by Gasteiger charge is 2.28. The van der Waals surface area contributed by atoms with E-state index in [2.05, 4.69) is 9.97 Å². The van der Waals surface area contributed by atoms with Crippen molar-refractivity contribution in [2.24, 2.45) is 5.73 Å². The standard InChI is InChI=1S/C20H26FN5O2.ClH/c1-14(22)15-2-4-16(5-3-15)28-17-6-7-26(13-17)19-18(21)12-23-20(24-19)25-8-10-27-11-9-25;/h2-5,12,14,17H,6-11,13,22H2,1H3;1H/t14-,17+;/m0./s1. The van der Waals surface area contributed by atoms with E-state index in [9.17, 15) is 4.39 Å².